The highest BCUT2D eigenvalue weighted by Gasteiger charge is 2.21. The molecule has 4 aromatic rings. The quantitative estimate of drug-likeness (QED) is 0.354. The number of H-pyrrole nitrogens is 2. The molecule has 0 fully saturated rings. The largest absolute Gasteiger partial charge is 0.497 e. The predicted molar refractivity (Wildman–Crippen MR) is 121 cm³/mol. The second kappa shape index (κ2) is 8.95. The molecular weight excluding hydrogens is 392 g/mol. The summed E-state index contributed by atoms with van der Waals surface area (Å²) in [4.78, 5) is 31.0. The summed E-state index contributed by atoms with van der Waals surface area (Å²) in [6, 6.07) is 13.2. The second-order valence-corrected chi connectivity index (χ2v) is 7.58. The van der Waals surface area contributed by atoms with Gasteiger partial charge >= 0.3 is 0 Å². The standard InChI is InChI=1S/C24H26N4O3/c1-15(29)28-23(11-17-14-27-21-6-4-3-5-19(17)21)24(30)25-10-9-16-13-26-22-8-7-18(31-2)12-20(16)22/h3-8,12-14,23,26-27H,9-11H2,1-2H3,(H,25,30)(H,28,29)/t23-/m0/s1. The Labute approximate surface area is 180 Å². The molecule has 0 unspecified atom stereocenters. The van der Waals surface area contributed by atoms with Gasteiger partial charge in [0.1, 0.15) is 11.8 Å². The van der Waals surface area contributed by atoms with E-state index in [2.05, 4.69) is 20.6 Å². The first-order chi connectivity index (χ1) is 15.0. The van der Waals surface area contributed by atoms with Crippen LogP contribution >= 0.6 is 0 Å². The number of benzene rings is 2. The Morgan fingerprint density at radius 3 is 2.52 bits per heavy atom. The van der Waals surface area contributed by atoms with Crippen molar-refractivity contribution in [3.8, 4) is 5.75 Å². The summed E-state index contributed by atoms with van der Waals surface area (Å²) in [5.41, 5.74) is 4.13. The van der Waals surface area contributed by atoms with Crippen molar-refractivity contribution in [2.24, 2.45) is 0 Å². The number of rotatable bonds is 8. The average molecular weight is 418 g/mol. The van der Waals surface area contributed by atoms with Crippen molar-refractivity contribution in [3.05, 3.63) is 66.0 Å². The van der Waals surface area contributed by atoms with Gasteiger partial charge in [-0.25, -0.2) is 0 Å². The van der Waals surface area contributed by atoms with Crippen molar-refractivity contribution in [2.75, 3.05) is 13.7 Å². The first-order valence-electron chi connectivity index (χ1n) is 10.3. The molecule has 0 spiro atoms. The third-order valence-corrected chi connectivity index (χ3v) is 5.46. The number of carbonyl (C=O) groups excluding carboxylic acids is 2. The zero-order chi connectivity index (χ0) is 21.8. The Morgan fingerprint density at radius 1 is 1.00 bits per heavy atom. The fraction of sp³-hybridized carbons (Fsp3) is 0.250. The SMILES string of the molecule is COc1ccc2[nH]cc(CCNC(=O)[C@H](Cc3c[nH]c4ccccc34)NC(C)=O)c2c1. The molecule has 0 saturated heterocycles. The molecule has 1 atom stereocenters. The van der Waals surface area contributed by atoms with E-state index in [1.165, 1.54) is 6.92 Å². The highest BCUT2D eigenvalue weighted by molar-refractivity contribution is 5.89. The first-order valence-corrected chi connectivity index (χ1v) is 10.3. The van der Waals surface area contributed by atoms with E-state index < -0.39 is 6.04 Å². The van der Waals surface area contributed by atoms with Crippen LogP contribution in [0.3, 0.4) is 0 Å². The van der Waals surface area contributed by atoms with Crippen molar-refractivity contribution >= 4 is 33.6 Å². The number of nitrogens with one attached hydrogen (secondary N) is 4. The lowest BCUT2D eigenvalue weighted by molar-refractivity contribution is -0.128. The van der Waals surface area contributed by atoms with Gasteiger partial charge in [0.15, 0.2) is 0 Å². The van der Waals surface area contributed by atoms with Gasteiger partial charge in [0.05, 0.1) is 7.11 Å². The lowest BCUT2D eigenvalue weighted by Crippen LogP contribution is -2.47. The summed E-state index contributed by atoms with van der Waals surface area (Å²) < 4.78 is 5.31. The van der Waals surface area contributed by atoms with Crippen LogP contribution in [0, 0.1) is 0 Å². The van der Waals surface area contributed by atoms with E-state index in [-0.39, 0.29) is 11.8 Å². The summed E-state index contributed by atoms with van der Waals surface area (Å²) in [6.07, 6.45) is 4.93. The molecule has 160 valence electrons. The molecule has 2 aromatic carbocycles. The molecule has 31 heavy (non-hydrogen) atoms. The molecule has 4 rings (SSSR count). The topological polar surface area (TPSA) is 99.0 Å². The zero-order valence-electron chi connectivity index (χ0n) is 17.6. The Hall–Kier alpha value is -3.74. The zero-order valence-corrected chi connectivity index (χ0v) is 17.6. The van der Waals surface area contributed by atoms with E-state index in [9.17, 15) is 9.59 Å². The Morgan fingerprint density at radius 2 is 1.74 bits per heavy atom. The minimum atomic E-state index is -0.639. The van der Waals surface area contributed by atoms with Gasteiger partial charge in [-0.05, 0) is 41.8 Å². The first kappa shape index (κ1) is 20.5. The van der Waals surface area contributed by atoms with Crippen LogP contribution in [0.5, 0.6) is 5.75 Å². The minimum absolute atomic E-state index is 0.196. The third kappa shape index (κ3) is 4.55. The van der Waals surface area contributed by atoms with Gasteiger partial charge in [0, 0.05) is 54.1 Å². The van der Waals surface area contributed by atoms with Gasteiger partial charge in [0.25, 0.3) is 0 Å². The number of carbonyl (C=O) groups is 2. The molecule has 2 heterocycles. The van der Waals surface area contributed by atoms with Crippen molar-refractivity contribution in [3.63, 3.8) is 0 Å². The number of aromatic nitrogens is 2. The van der Waals surface area contributed by atoms with E-state index in [1.807, 2.05) is 54.9 Å². The molecule has 2 amide bonds. The van der Waals surface area contributed by atoms with Crippen LogP contribution in [-0.2, 0) is 22.4 Å². The maximum Gasteiger partial charge on any atom is 0.242 e. The van der Waals surface area contributed by atoms with Crippen LogP contribution in [0.25, 0.3) is 21.8 Å². The molecule has 7 nitrogen and oxygen atoms in total. The third-order valence-electron chi connectivity index (χ3n) is 5.46. The maximum absolute atomic E-state index is 12.9. The van der Waals surface area contributed by atoms with E-state index in [1.54, 1.807) is 7.11 Å². The predicted octanol–water partition coefficient (Wildman–Crippen LogP) is 3.06. The molecule has 0 aliphatic carbocycles. The number of para-hydroxylation sites is 1. The molecular formula is C24H26N4O3. The van der Waals surface area contributed by atoms with Crippen molar-refractivity contribution < 1.29 is 14.3 Å². The molecule has 7 heteroatoms. The van der Waals surface area contributed by atoms with Crippen LogP contribution in [-0.4, -0.2) is 41.5 Å². The number of hydrogen-bond acceptors (Lipinski definition) is 3. The smallest absolute Gasteiger partial charge is 0.242 e. The van der Waals surface area contributed by atoms with Crippen LogP contribution < -0.4 is 15.4 Å². The maximum atomic E-state index is 12.9. The highest BCUT2D eigenvalue weighted by Crippen LogP contribution is 2.24. The number of methoxy groups -OCH3 is 1. The van der Waals surface area contributed by atoms with E-state index >= 15 is 0 Å². The number of hydrogen-bond donors (Lipinski definition) is 4. The van der Waals surface area contributed by atoms with Crippen LogP contribution in [0.1, 0.15) is 18.1 Å². The lowest BCUT2D eigenvalue weighted by atomic mass is 10.0. The normalized spacial score (nSPS) is 12.1. The Bertz CT molecular complexity index is 1220. The number of aromatic amines is 2. The average Bonchev–Trinajstić information content (AvgIpc) is 3.36. The van der Waals surface area contributed by atoms with E-state index in [4.69, 9.17) is 4.74 Å². The van der Waals surface area contributed by atoms with Gasteiger partial charge in [-0.3, -0.25) is 9.59 Å². The monoisotopic (exact) mass is 418 g/mol. The molecule has 0 radical (unpaired) electrons. The summed E-state index contributed by atoms with van der Waals surface area (Å²) in [5.74, 6) is 0.364. The molecule has 0 aliphatic rings. The van der Waals surface area contributed by atoms with Gasteiger partial charge in [-0.15, -0.1) is 0 Å². The number of ether oxygens (including phenoxy) is 1. The van der Waals surface area contributed by atoms with E-state index in [0.29, 0.717) is 19.4 Å². The highest BCUT2D eigenvalue weighted by atomic mass is 16.5. The molecule has 4 N–H and O–H groups in total. The molecule has 0 saturated carbocycles. The fourth-order valence-electron chi connectivity index (χ4n) is 3.91. The van der Waals surface area contributed by atoms with Crippen molar-refractivity contribution in [2.45, 2.75) is 25.8 Å². The Balaban J connectivity index is 1.43. The van der Waals surface area contributed by atoms with Crippen molar-refractivity contribution in [1.29, 1.82) is 0 Å². The minimum Gasteiger partial charge on any atom is -0.497 e. The van der Waals surface area contributed by atoms with Crippen molar-refractivity contribution in [1.82, 2.24) is 20.6 Å². The molecule has 2 aromatic heterocycles. The molecule has 0 bridgehead atoms. The van der Waals surface area contributed by atoms with Gasteiger partial charge < -0.3 is 25.3 Å². The van der Waals surface area contributed by atoms with Crippen LogP contribution in [0.4, 0.5) is 0 Å². The van der Waals surface area contributed by atoms with Gasteiger partial charge in [-0.2, -0.15) is 0 Å². The van der Waals surface area contributed by atoms with Crippen LogP contribution in [0.15, 0.2) is 54.9 Å². The molecule has 0 aliphatic heterocycles. The second-order valence-electron chi connectivity index (χ2n) is 7.58. The summed E-state index contributed by atoms with van der Waals surface area (Å²) in [5, 5.41) is 7.88. The van der Waals surface area contributed by atoms with Crippen LogP contribution in [0.2, 0.25) is 0 Å². The summed E-state index contributed by atoms with van der Waals surface area (Å²) >= 11 is 0. The number of fused-ring (bicyclic) bond motifs is 2. The fourth-order valence-corrected chi connectivity index (χ4v) is 3.91. The van der Waals surface area contributed by atoms with Gasteiger partial charge in [-0.1, -0.05) is 18.2 Å². The number of amides is 2. The lowest BCUT2D eigenvalue weighted by Gasteiger charge is -2.17. The summed E-state index contributed by atoms with van der Waals surface area (Å²) in [7, 11) is 1.64. The Kier molecular flexibility index (Phi) is 5.93. The van der Waals surface area contributed by atoms with Gasteiger partial charge in [0.2, 0.25) is 11.8 Å². The van der Waals surface area contributed by atoms with E-state index in [0.717, 1.165) is 38.7 Å². The summed E-state index contributed by atoms with van der Waals surface area (Å²) in [6.45, 7) is 1.89.